The van der Waals surface area contributed by atoms with E-state index in [2.05, 4.69) is 86.0 Å². The third-order valence-electron chi connectivity index (χ3n) is 6.40. The Labute approximate surface area is 206 Å². The topological polar surface area (TPSA) is 90.7 Å². The third kappa shape index (κ3) is 6.06. The van der Waals surface area contributed by atoms with Gasteiger partial charge in [0.05, 0.1) is 49.6 Å². The fourth-order valence-electron chi connectivity index (χ4n) is 4.41. The van der Waals surface area contributed by atoms with Crippen LogP contribution in [-0.4, -0.2) is 33.0 Å². The van der Waals surface area contributed by atoms with Crippen LogP contribution in [0.5, 0.6) is 0 Å². The van der Waals surface area contributed by atoms with E-state index in [1.54, 1.807) is 0 Å². The first-order valence-electron chi connectivity index (χ1n) is 12.6. The molecule has 2 aromatic carbocycles. The molecule has 35 heavy (non-hydrogen) atoms. The molecule has 4 N–H and O–H groups in total. The van der Waals surface area contributed by atoms with Gasteiger partial charge in [0.2, 0.25) is 0 Å². The molecule has 4 aromatic rings. The van der Waals surface area contributed by atoms with E-state index in [4.69, 9.17) is 4.74 Å². The van der Waals surface area contributed by atoms with Crippen LogP contribution < -0.4 is 10.6 Å². The minimum absolute atomic E-state index is 0.357. The highest BCUT2D eigenvalue weighted by atomic mass is 16.5. The summed E-state index contributed by atoms with van der Waals surface area (Å²) in [4.78, 5) is 15.9. The third-order valence-corrected chi connectivity index (χ3v) is 6.40. The predicted octanol–water partition coefficient (Wildman–Crippen LogP) is 5.11. The summed E-state index contributed by atoms with van der Waals surface area (Å²) in [5, 5.41) is 6.85. The van der Waals surface area contributed by atoms with Crippen molar-refractivity contribution in [2.45, 2.75) is 52.0 Å². The number of ether oxygens (including phenoxy) is 1. The van der Waals surface area contributed by atoms with Gasteiger partial charge < -0.3 is 25.3 Å². The number of aromatic nitrogens is 4. The van der Waals surface area contributed by atoms with Crippen molar-refractivity contribution < 1.29 is 4.74 Å². The van der Waals surface area contributed by atoms with E-state index in [0.29, 0.717) is 19.3 Å². The monoisotopic (exact) mass is 470 g/mol. The van der Waals surface area contributed by atoms with Crippen LogP contribution in [0, 0.1) is 0 Å². The lowest BCUT2D eigenvalue weighted by molar-refractivity contribution is 0.107. The Kier molecular flexibility index (Phi) is 7.68. The smallest absolute Gasteiger partial charge is 0.123 e. The maximum Gasteiger partial charge on any atom is 0.123 e. The first-order valence-corrected chi connectivity index (χ1v) is 12.6. The number of H-pyrrole nitrogens is 2. The molecule has 1 fully saturated rings. The molecule has 0 spiro atoms. The first-order chi connectivity index (χ1) is 17.3. The van der Waals surface area contributed by atoms with Crippen LogP contribution in [0.15, 0.2) is 60.9 Å². The van der Waals surface area contributed by atoms with E-state index in [-0.39, 0.29) is 0 Å². The molecular weight excluding hydrogens is 436 g/mol. The Hall–Kier alpha value is -3.26. The minimum Gasteiger partial charge on any atom is -0.372 e. The van der Waals surface area contributed by atoms with Gasteiger partial charge in [-0.1, -0.05) is 55.5 Å². The van der Waals surface area contributed by atoms with Gasteiger partial charge in [-0.2, -0.15) is 0 Å². The standard InChI is InChI=1S/C28H34N6O/c1-2-13-29-17-27-31-15-25(33-27)22-9-5-20(6-10-22)18-35-19-21-7-11-23(12-8-21)26-16-32-28(34-26)24-4-3-14-30-24/h5-12,15-16,24,29-30H,2-4,13-14,17-19H2,1H3,(H,31,33)(H,32,34). The van der Waals surface area contributed by atoms with E-state index >= 15 is 0 Å². The summed E-state index contributed by atoms with van der Waals surface area (Å²) in [6.45, 7) is 6.15. The lowest BCUT2D eigenvalue weighted by Crippen LogP contribution is -2.14. The summed E-state index contributed by atoms with van der Waals surface area (Å²) in [7, 11) is 0. The molecule has 1 aliphatic rings. The molecule has 1 aliphatic heterocycles. The lowest BCUT2D eigenvalue weighted by atomic mass is 10.1. The molecule has 2 aromatic heterocycles. The number of hydrogen-bond acceptors (Lipinski definition) is 5. The van der Waals surface area contributed by atoms with Crippen LogP contribution in [0.4, 0.5) is 0 Å². The quantitative estimate of drug-likeness (QED) is 0.229. The maximum atomic E-state index is 5.97. The van der Waals surface area contributed by atoms with Crippen LogP contribution in [0.2, 0.25) is 0 Å². The number of hydrogen-bond donors (Lipinski definition) is 4. The fraction of sp³-hybridized carbons (Fsp3) is 0.357. The Morgan fingerprint density at radius 1 is 0.886 bits per heavy atom. The van der Waals surface area contributed by atoms with Crippen molar-refractivity contribution in [1.82, 2.24) is 30.6 Å². The van der Waals surface area contributed by atoms with Gasteiger partial charge in [-0.3, -0.25) is 0 Å². The second-order valence-electron chi connectivity index (χ2n) is 9.14. The normalized spacial score (nSPS) is 15.6. The van der Waals surface area contributed by atoms with E-state index in [0.717, 1.165) is 77.8 Å². The number of benzene rings is 2. The Morgan fingerprint density at radius 2 is 1.54 bits per heavy atom. The van der Waals surface area contributed by atoms with Crippen molar-refractivity contribution >= 4 is 0 Å². The average molecular weight is 471 g/mol. The predicted molar refractivity (Wildman–Crippen MR) is 139 cm³/mol. The molecule has 1 unspecified atom stereocenters. The summed E-state index contributed by atoms with van der Waals surface area (Å²) in [6, 6.07) is 17.3. The summed E-state index contributed by atoms with van der Waals surface area (Å²) in [5.74, 6) is 2.00. The Morgan fingerprint density at radius 3 is 2.17 bits per heavy atom. The second kappa shape index (κ2) is 11.4. The molecule has 3 heterocycles. The molecule has 0 radical (unpaired) electrons. The van der Waals surface area contributed by atoms with Gasteiger partial charge in [-0.05, 0) is 54.6 Å². The Bertz CT molecular complexity index is 1190. The second-order valence-corrected chi connectivity index (χ2v) is 9.14. The molecular formula is C28H34N6O. The van der Waals surface area contributed by atoms with Crippen molar-refractivity contribution in [3.8, 4) is 22.5 Å². The molecule has 1 saturated heterocycles. The zero-order chi connectivity index (χ0) is 23.9. The van der Waals surface area contributed by atoms with Gasteiger partial charge in [0.1, 0.15) is 11.6 Å². The zero-order valence-electron chi connectivity index (χ0n) is 20.3. The summed E-state index contributed by atoms with van der Waals surface area (Å²) in [5.41, 5.74) is 6.68. The molecule has 7 nitrogen and oxygen atoms in total. The zero-order valence-corrected chi connectivity index (χ0v) is 20.3. The summed E-state index contributed by atoms with van der Waals surface area (Å²) in [6.07, 6.45) is 7.30. The van der Waals surface area contributed by atoms with Crippen molar-refractivity contribution in [3.63, 3.8) is 0 Å². The van der Waals surface area contributed by atoms with Crippen molar-refractivity contribution in [2.24, 2.45) is 0 Å². The molecule has 0 amide bonds. The van der Waals surface area contributed by atoms with Crippen LogP contribution in [0.25, 0.3) is 22.5 Å². The summed E-state index contributed by atoms with van der Waals surface area (Å²) >= 11 is 0. The highest BCUT2D eigenvalue weighted by Gasteiger charge is 2.19. The molecule has 7 heteroatoms. The van der Waals surface area contributed by atoms with Gasteiger partial charge in [-0.15, -0.1) is 0 Å². The van der Waals surface area contributed by atoms with Gasteiger partial charge >= 0.3 is 0 Å². The number of nitrogens with one attached hydrogen (secondary N) is 4. The highest BCUT2D eigenvalue weighted by molar-refractivity contribution is 5.59. The molecule has 0 aliphatic carbocycles. The lowest BCUT2D eigenvalue weighted by Gasteiger charge is -2.07. The van der Waals surface area contributed by atoms with E-state index in [1.165, 1.54) is 6.42 Å². The molecule has 5 rings (SSSR count). The number of rotatable bonds is 11. The van der Waals surface area contributed by atoms with Crippen molar-refractivity contribution in [2.75, 3.05) is 13.1 Å². The SMILES string of the molecule is CCCNCc1ncc(-c2ccc(COCc3ccc(-c4cnc(C5CCCN5)[nH]4)cc3)cc2)[nH]1. The van der Waals surface area contributed by atoms with Crippen LogP contribution in [-0.2, 0) is 24.5 Å². The van der Waals surface area contributed by atoms with Gasteiger partial charge in [0.15, 0.2) is 0 Å². The maximum absolute atomic E-state index is 5.97. The largest absolute Gasteiger partial charge is 0.372 e. The first kappa shape index (κ1) is 23.5. The van der Waals surface area contributed by atoms with Crippen LogP contribution >= 0.6 is 0 Å². The average Bonchev–Trinajstić information content (AvgIpc) is 3.67. The van der Waals surface area contributed by atoms with Gasteiger partial charge in [-0.25, -0.2) is 9.97 Å². The molecule has 0 bridgehead atoms. The summed E-state index contributed by atoms with van der Waals surface area (Å²) < 4.78 is 5.97. The van der Waals surface area contributed by atoms with Crippen molar-refractivity contribution in [1.29, 1.82) is 0 Å². The Balaban J connectivity index is 1.10. The molecule has 182 valence electrons. The van der Waals surface area contributed by atoms with Gasteiger partial charge in [0.25, 0.3) is 0 Å². The van der Waals surface area contributed by atoms with E-state index < -0.39 is 0 Å². The number of imidazole rings is 2. The van der Waals surface area contributed by atoms with Gasteiger partial charge in [0, 0.05) is 0 Å². The number of nitrogens with zero attached hydrogens (tertiary/aromatic N) is 2. The number of aromatic amines is 2. The fourth-order valence-corrected chi connectivity index (χ4v) is 4.41. The van der Waals surface area contributed by atoms with Crippen molar-refractivity contribution in [3.05, 3.63) is 83.7 Å². The molecule has 1 atom stereocenters. The van der Waals surface area contributed by atoms with Crippen LogP contribution in [0.3, 0.4) is 0 Å². The minimum atomic E-state index is 0.357. The molecule has 0 saturated carbocycles. The highest BCUT2D eigenvalue weighted by Crippen LogP contribution is 2.24. The van der Waals surface area contributed by atoms with E-state index in [1.807, 2.05) is 12.4 Å². The van der Waals surface area contributed by atoms with Crippen LogP contribution in [0.1, 0.15) is 55.0 Å². The van der Waals surface area contributed by atoms with E-state index in [9.17, 15) is 0 Å².